The number of hydrogen-bond acceptors (Lipinski definition) is 3. The van der Waals surface area contributed by atoms with Crippen LogP contribution in [0.25, 0.3) is 0 Å². The van der Waals surface area contributed by atoms with Crippen molar-refractivity contribution in [3.8, 4) is 0 Å². The summed E-state index contributed by atoms with van der Waals surface area (Å²) in [5.74, 6) is -0.289. The summed E-state index contributed by atoms with van der Waals surface area (Å²) in [7, 11) is 1.75. The number of amides is 3. The number of carbonyl (C=O) groups excluding carboxylic acids is 2. The number of carbonyl (C=O) groups is 2. The van der Waals surface area contributed by atoms with Gasteiger partial charge in [-0.3, -0.25) is 14.4 Å². The molecule has 1 aromatic rings. The Morgan fingerprint density at radius 2 is 2.40 bits per heavy atom. The Morgan fingerprint density at radius 1 is 1.67 bits per heavy atom. The maximum absolute atomic E-state index is 11.9. The van der Waals surface area contributed by atoms with Gasteiger partial charge < -0.3 is 5.32 Å². The third-order valence-electron chi connectivity index (χ3n) is 2.20. The molecule has 0 aromatic carbocycles. The Morgan fingerprint density at radius 3 is 2.87 bits per heavy atom. The molecule has 0 spiro atoms. The molecule has 7 heteroatoms. The summed E-state index contributed by atoms with van der Waals surface area (Å²) >= 11 is 2.03. The zero-order valence-corrected chi connectivity index (χ0v) is 10.2. The summed E-state index contributed by atoms with van der Waals surface area (Å²) in [6.07, 6.45) is 1.48. The maximum atomic E-state index is 11.9. The third-order valence-corrected chi connectivity index (χ3v) is 3.48. The van der Waals surface area contributed by atoms with E-state index in [1.54, 1.807) is 11.7 Å². The lowest BCUT2D eigenvalue weighted by atomic mass is 10.3. The van der Waals surface area contributed by atoms with E-state index in [0.29, 0.717) is 18.7 Å². The third kappa shape index (κ3) is 1.71. The minimum Gasteiger partial charge on any atom is -0.336 e. The van der Waals surface area contributed by atoms with E-state index in [2.05, 4.69) is 10.4 Å². The monoisotopic (exact) mass is 320 g/mol. The van der Waals surface area contributed by atoms with E-state index in [-0.39, 0.29) is 11.9 Å². The number of imide groups is 1. The molecule has 1 saturated heterocycles. The summed E-state index contributed by atoms with van der Waals surface area (Å²) in [6.45, 7) is 0.935. The predicted octanol–water partition coefficient (Wildman–Crippen LogP) is 0.190. The average Bonchev–Trinajstić information content (AvgIpc) is 2.75. The van der Waals surface area contributed by atoms with Crippen molar-refractivity contribution in [1.29, 1.82) is 0 Å². The molecule has 0 unspecified atom stereocenters. The van der Waals surface area contributed by atoms with Crippen LogP contribution in [0.4, 0.5) is 4.79 Å². The lowest BCUT2D eigenvalue weighted by Crippen LogP contribution is -2.34. The molecular formula is C8H9IN4O2. The molecule has 3 amide bonds. The molecule has 1 aliphatic rings. The number of halogens is 1. The summed E-state index contributed by atoms with van der Waals surface area (Å²) in [5, 5.41) is 6.55. The fourth-order valence-corrected chi connectivity index (χ4v) is 1.87. The maximum Gasteiger partial charge on any atom is 0.324 e. The summed E-state index contributed by atoms with van der Waals surface area (Å²) in [5.41, 5.74) is 0.468. The van der Waals surface area contributed by atoms with Crippen LogP contribution in [0.2, 0.25) is 0 Å². The van der Waals surface area contributed by atoms with Gasteiger partial charge in [0.15, 0.2) is 0 Å². The minimum atomic E-state index is -0.334. The van der Waals surface area contributed by atoms with E-state index in [9.17, 15) is 9.59 Å². The molecule has 6 nitrogen and oxygen atoms in total. The number of nitrogens with zero attached hydrogens (tertiary/aromatic N) is 3. The van der Waals surface area contributed by atoms with Gasteiger partial charge in [0, 0.05) is 20.1 Å². The first-order chi connectivity index (χ1) is 7.11. The molecule has 1 aliphatic heterocycles. The molecule has 2 heterocycles. The SMILES string of the molecule is Cn1ncc(C(=O)N2CCNC2=O)c1I. The van der Waals surface area contributed by atoms with Crippen molar-refractivity contribution in [2.45, 2.75) is 0 Å². The van der Waals surface area contributed by atoms with E-state index in [1.807, 2.05) is 22.6 Å². The fraction of sp³-hybridized carbons (Fsp3) is 0.375. The van der Waals surface area contributed by atoms with Crippen molar-refractivity contribution < 1.29 is 9.59 Å². The van der Waals surface area contributed by atoms with E-state index in [4.69, 9.17) is 0 Å². The lowest BCUT2D eigenvalue weighted by molar-refractivity contribution is 0.0828. The number of nitrogens with one attached hydrogen (secondary N) is 1. The first-order valence-corrected chi connectivity index (χ1v) is 5.46. The Balaban J connectivity index is 2.28. The number of aryl methyl sites for hydroxylation is 1. The number of urea groups is 1. The van der Waals surface area contributed by atoms with Crippen molar-refractivity contribution in [2.75, 3.05) is 13.1 Å². The Labute approximate surface area is 99.8 Å². The van der Waals surface area contributed by atoms with Crippen LogP contribution in [-0.2, 0) is 7.05 Å². The van der Waals surface area contributed by atoms with Gasteiger partial charge in [-0.1, -0.05) is 0 Å². The first kappa shape index (κ1) is 10.4. The Bertz CT molecular complexity index is 428. The van der Waals surface area contributed by atoms with Crippen LogP contribution in [0.1, 0.15) is 10.4 Å². The normalized spacial score (nSPS) is 15.6. The summed E-state index contributed by atoms with van der Waals surface area (Å²) in [4.78, 5) is 24.4. The zero-order valence-electron chi connectivity index (χ0n) is 8.03. The van der Waals surface area contributed by atoms with Crippen LogP contribution >= 0.6 is 22.6 Å². The van der Waals surface area contributed by atoms with Crippen LogP contribution in [0.15, 0.2) is 6.20 Å². The largest absolute Gasteiger partial charge is 0.336 e. The predicted molar refractivity (Wildman–Crippen MR) is 60.4 cm³/mol. The van der Waals surface area contributed by atoms with E-state index < -0.39 is 0 Å². The molecule has 0 radical (unpaired) electrons. The quantitative estimate of drug-likeness (QED) is 0.751. The van der Waals surface area contributed by atoms with Crippen molar-refractivity contribution in [3.63, 3.8) is 0 Å². The topological polar surface area (TPSA) is 67.2 Å². The van der Waals surface area contributed by atoms with Gasteiger partial charge in [-0.2, -0.15) is 5.10 Å². The first-order valence-electron chi connectivity index (χ1n) is 4.38. The van der Waals surface area contributed by atoms with E-state index in [0.717, 1.165) is 3.70 Å². The molecule has 15 heavy (non-hydrogen) atoms. The van der Waals surface area contributed by atoms with Gasteiger partial charge in [0.1, 0.15) is 3.70 Å². The van der Waals surface area contributed by atoms with Gasteiger partial charge in [-0.05, 0) is 22.6 Å². The fourth-order valence-electron chi connectivity index (χ4n) is 1.38. The summed E-state index contributed by atoms with van der Waals surface area (Å²) in [6, 6.07) is -0.334. The number of hydrogen-bond donors (Lipinski definition) is 1. The van der Waals surface area contributed by atoms with Crippen molar-refractivity contribution in [2.24, 2.45) is 7.05 Å². The number of aromatic nitrogens is 2. The minimum absolute atomic E-state index is 0.289. The molecule has 0 bridgehead atoms. The number of rotatable bonds is 1. The molecule has 1 N–H and O–H groups in total. The molecule has 0 saturated carbocycles. The highest BCUT2D eigenvalue weighted by atomic mass is 127. The highest BCUT2D eigenvalue weighted by Gasteiger charge is 2.29. The zero-order chi connectivity index (χ0) is 11.0. The molecular weight excluding hydrogens is 311 g/mol. The highest BCUT2D eigenvalue weighted by Crippen LogP contribution is 2.14. The molecule has 2 rings (SSSR count). The molecule has 0 aliphatic carbocycles. The average molecular weight is 320 g/mol. The lowest BCUT2D eigenvalue weighted by Gasteiger charge is -2.10. The van der Waals surface area contributed by atoms with Crippen LogP contribution in [0.3, 0.4) is 0 Å². The van der Waals surface area contributed by atoms with E-state index in [1.165, 1.54) is 11.1 Å². The summed E-state index contributed by atoms with van der Waals surface area (Å²) < 4.78 is 2.33. The standard InChI is InChI=1S/C8H9IN4O2/c1-12-6(9)5(4-11-12)7(14)13-3-2-10-8(13)15/h4H,2-3H2,1H3,(H,10,15). The van der Waals surface area contributed by atoms with Crippen LogP contribution in [0.5, 0.6) is 0 Å². The Kier molecular flexibility index (Phi) is 2.63. The molecule has 1 aromatic heterocycles. The van der Waals surface area contributed by atoms with Gasteiger partial charge in [0.2, 0.25) is 0 Å². The molecule has 1 fully saturated rings. The second kappa shape index (κ2) is 3.80. The van der Waals surface area contributed by atoms with Gasteiger partial charge >= 0.3 is 6.03 Å². The molecule has 0 atom stereocenters. The van der Waals surface area contributed by atoms with Gasteiger partial charge in [-0.25, -0.2) is 4.79 Å². The smallest absolute Gasteiger partial charge is 0.324 e. The second-order valence-electron chi connectivity index (χ2n) is 3.16. The van der Waals surface area contributed by atoms with Crippen LogP contribution in [-0.4, -0.2) is 39.7 Å². The highest BCUT2D eigenvalue weighted by molar-refractivity contribution is 14.1. The van der Waals surface area contributed by atoms with Crippen molar-refractivity contribution >= 4 is 34.5 Å². The van der Waals surface area contributed by atoms with Gasteiger partial charge in [0.25, 0.3) is 5.91 Å². The Hall–Kier alpha value is -1.12. The molecule has 80 valence electrons. The van der Waals surface area contributed by atoms with E-state index >= 15 is 0 Å². The van der Waals surface area contributed by atoms with Gasteiger partial charge in [0.05, 0.1) is 11.8 Å². The second-order valence-corrected chi connectivity index (χ2v) is 4.18. The van der Waals surface area contributed by atoms with Crippen molar-refractivity contribution in [3.05, 3.63) is 15.5 Å². The van der Waals surface area contributed by atoms with Gasteiger partial charge in [-0.15, -0.1) is 0 Å². The van der Waals surface area contributed by atoms with Crippen molar-refractivity contribution in [1.82, 2.24) is 20.0 Å². The van der Waals surface area contributed by atoms with Crippen LogP contribution in [0, 0.1) is 3.70 Å². The van der Waals surface area contributed by atoms with Crippen LogP contribution < -0.4 is 5.32 Å².